The molecule has 228 valence electrons. The highest BCUT2D eigenvalue weighted by molar-refractivity contribution is 6.20. The molecule has 8 nitrogen and oxygen atoms in total. The minimum atomic E-state index is -4.48. The second-order valence-electron chi connectivity index (χ2n) is 11.1. The highest BCUT2D eigenvalue weighted by Crippen LogP contribution is 2.33. The number of benzene rings is 2. The van der Waals surface area contributed by atoms with Crippen LogP contribution in [0.15, 0.2) is 107 Å². The number of anilines is 1. The number of nitrogens with one attached hydrogen (secondary N) is 3. The number of carbonyl (C=O) groups is 2. The molecular weight excluding hydrogens is 595 g/mol. The van der Waals surface area contributed by atoms with Crippen LogP contribution >= 0.6 is 0 Å². The first kappa shape index (κ1) is 28.8. The van der Waals surface area contributed by atoms with E-state index in [1.165, 1.54) is 12.1 Å². The lowest BCUT2D eigenvalue weighted by atomic mass is 9.95. The summed E-state index contributed by atoms with van der Waals surface area (Å²) in [4.78, 5) is 42.0. The van der Waals surface area contributed by atoms with Gasteiger partial charge in [0.2, 0.25) is 0 Å². The number of alkyl halides is 3. The van der Waals surface area contributed by atoms with Crippen molar-refractivity contribution < 1.29 is 27.9 Å². The summed E-state index contributed by atoms with van der Waals surface area (Å²) in [5.41, 5.74) is 1.91. The first-order valence-corrected chi connectivity index (χ1v) is 14.2. The van der Waals surface area contributed by atoms with Gasteiger partial charge in [0.1, 0.15) is 0 Å². The number of amides is 1. The van der Waals surface area contributed by atoms with E-state index in [2.05, 4.69) is 25.3 Å². The van der Waals surface area contributed by atoms with Crippen molar-refractivity contribution in [1.29, 1.82) is 0 Å². The van der Waals surface area contributed by atoms with Gasteiger partial charge in [0.25, 0.3) is 5.91 Å². The fourth-order valence-corrected chi connectivity index (χ4v) is 5.61. The predicted octanol–water partition coefficient (Wildman–Crippen LogP) is 5.28. The van der Waals surface area contributed by atoms with Crippen LogP contribution < -0.4 is 16.0 Å². The number of aromatic amines is 2. The lowest BCUT2D eigenvalue weighted by molar-refractivity contribution is -0.141. The maximum atomic E-state index is 13.7. The van der Waals surface area contributed by atoms with Crippen molar-refractivity contribution in [2.75, 3.05) is 5.32 Å². The van der Waals surface area contributed by atoms with E-state index < -0.39 is 29.2 Å². The van der Waals surface area contributed by atoms with Gasteiger partial charge in [-0.2, -0.15) is 13.2 Å². The van der Waals surface area contributed by atoms with Crippen LogP contribution in [0.1, 0.15) is 27.3 Å². The number of carboxylic acids is 1. The van der Waals surface area contributed by atoms with Crippen molar-refractivity contribution in [3.63, 3.8) is 0 Å². The summed E-state index contributed by atoms with van der Waals surface area (Å²) in [7, 11) is 0. The number of nitrogens with zero attached hydrogens (tertiary/aromatic N) is 2. The van der Waals surface area contributed by atoms with Gasteiger partial charge in [-0.25, -0.2) is 9.79 Å². The third-order valence-corrected chi connectivity index (χ3v) is 7.85. The first-order valence-electron chi connectivity index (χ1n) is 14.2. The smallest absolute Gasteiger partial charge is 0.416 e. The molecule has 3 aliphatic heterocycles. The summed E-state index contributed by atoms with van der Waals surface area (Å²) >= 11 is 0. The number of halogens is 3. The molecular formula is C35H24F3N5O3. The fraction of sp³-hybridized carbons (Fsp3) is 0.0857. The maximum absolute atomic E-state index is 13.7. The number of fused-ring (bicyclic) bond motifs is 6. The van der Waals surface area contributed by atoms with Crippen molar-refractivity contribution >= 4 is 47.2 Å². The summed E-state index contributed by atoms with van der Waals surface area (Å²) < 4.78 is 39.5. The molecule has 0 radical (unpaired) electrons. The number of rotatable bonds is 4. The zero-order valence-corrected chi connectivity index (χ0v) is 23.9. The van der Waals surface area contributed by atoms with E-state index in [-0.39, 0.29) is 12.0 Å². The van der Waals surface area contributed by atoms with Gasteiger partial charge in [-0.05, 0) is 90.1 Å². The standard InChI is InChI=1S/C35H24F3N5O3/c36-35(37,38)21-7-5-20(6-8-21)28-3-1-2-4-29(28)32(44)42-31-18-27-19-34(33(45)46)14-13-26(43-34)16-24-10-9-22(39-24)15-23-11-12-25(40-23)17-30(31)41-27/h1-18,39,41H,19H2,(H,42,44)(H,45,46)/b22-15?,24-16-,25-17?/t34-/m1/s1. The second kappa shape index (κ2) is 10.9. The molecule has 8 bridgehead atoms. The topological polar surface area (TPSA) is 123 Å². The highest BCUT2D eigenvalue weighted by Gasteiger charge is 2.39. The number of H-pyrrole nitrogens is 2. The molecule has 0 fully saturated rings. The van der Waals surface area contributed by atoms with Crippen LogP contribution in [0.2, 0.25) is 0 Å². The molecule has 7 rings (SSSR count). The van der Waals surface area contributed by atoms with E-state index in [9.17, 15) is 27.9 Å². The van der Waals surface area contributed by atoms with Crippen LogP contribution in [0.5, 0.6) is 0 Å². The van der Waals surface area contributed by atoms with Gasteiger partial charge >= 0.3 is 12.1 Å². The van der Waals surface area contributed by atoms with Crippen molar-refractivity contribution in [3.8, 4) is 11.1 Å². The SMILES string of the molecule is O=C(Nc1cc2[nH]c1C=C1C=CC(=N1)C=c1cc/c([nH]1)=C/C1=N[C@](C(=O)O)(C=C1)C2)c1ccccc1-c1ccc(C(F)(F)F)cc1. The van der Waals surface area contributed by atoms with Gasteiger partial charge in [0.15, 0.2) is 5.54 Å². The number of hydrogen-bond donors (Lipinski definition) is 4. The molecule has 0 saturated carbocycles. The maximum Gasteiger partial charge on any atom is 0.416 e. The number of allylic oxidation sites excluding steroid dienone is 3. The molecule has 4 N–H and O–H groups in total. The Morgan fingerprint density at radius 1 is 0.870 bits per heavy atom. The quantitative estimate of drug-likeness (QED) is 0.249. The van der Waals surface area contributed by atoms with E-state index >= 15 is 0 Å². The third-order valence-electron chi connectivity index (χ3n) is 7.85. The zero-order chi connectivity index (χ0) is 32.1. The Hall–Kier alpha value is -5.97. The molecule has 2 aromatic heterocycles. The van der Waals surface area contributed by atoms with E-state index in [1.807, 2.05) is 30.4 Å². The molecule has 5 heterocycles. The molecule has 1 amide bonds. The van der Waals surface area contributed by atoms with Crippen LogP contribution in [0.3, 0.4) is 0 Å². The summed E-state index contributed by atoms with van der Waals surface area (Å²) in [5.74, 6) is -1.63. The fourth-order valence-electron chi connectivity index (χ4n) is 5.61. The molecule has 11 heteroatoms. The minimum Gasteiger partial charge on any atom is -0.479 e. The van der Waals surface area contributed by atoms with Gasteiger partial charge in [0.05, 0.1) is 34.1 Å². The second-order valence-corrected chi connectivity index (χ2v) is 11.1. The monoisotopic (exact) mass is 619 g/mol. The number of carbonyl (C=O) groups excluding carboxylic acids is 1. The largest absolute Gasteiger partial charge is 0.479 e. The Balaban J connectivity index is 1.28. The van der Waals surface area contributed by atoms with Crippen LogP contribution in [0.4, 0.5) is 18.9 Å². The Kier molecular flexibility index (Phi) is 6.81. The van der Waals surface area contributed by atoms with Crippen molar-refractivity contribution in [2.24, 2.45) is 9.98 Å². The molecule has 0 aliphatic carbocycles. The number of aliphatic carboxylic acids is 1. The van der Waals surface area contributed by atoms with Gasteiger partial charge in [0, 0.05) is 28.4 Å². The summed E-state index contributed by atoms with van der Waals surface area (Å²) in [5, 5.41) is 14.7. The van der Waals surface area contributed by atoms with Crippen molar-refractivity contribution in [1.82, 2.24) is 9.97 Å². The van der Waals surface area contributed by atoms with E-state index in [1.54, 1.807) is 54.6 Å². The lowest BCUT2D eigenvalue weighted by Gasteiger charge is -2.18. The highest BCUT2D eigenvalue weighted by atomic mass is 19.4. The third kappa shape index (κ3) is 5.54. The van der Waals surface area contributed by atoms with E-state index in [0.29, 0.717) is 45.3 Å². The number of aliphatic imine (C=N–C) groups is 2. The number of aromatic nitrogens is 2. The Bertz CT molecular complexity index is 2200. The van der Waals surface area contributed by atoms with Gasteiger partial charge in [-0.3, -0.25) is 9.79 Å². The summed E-state index contributed by atoms with van der Waals surface area (Å²) in [6, 6.07) is 16.6. The number of hydrogen-bond acceptors (Lipinski definition) is 4. The van der Waals surface area contributed by atoms with E-state index in [0.717, 1.165) is 22.8 Å². The molecule has 3 aliphatic rings. The van der Waals surface area contributed by atoms with E-state index in [4.69, 9.17) is 0 Å². The Morgan fingerprint density at radius 2 is 1.61 bits per heavy atom. The van der Waals surface area contributed by atoms with Gasteiger partial charge in [-0.1, -0.05) is 30.3 Å². The van der Waals surface area contributed by atoms with Crippen LogP contribution in [-0.4, -0.2) is 43.9 Å². The first-order chi connectivity index (χ1) is 22.0. The van der Waals surface area contributed by atoms with Crippen molar-refractivity contribution in [2.45, 2.75) is 18.1 Å². The molecule has 2 aromatic carbocycles. The molecule has 0 saturated heterocycles. The van der Waals surface area contributed by atoms with Crippen LogP contribution in [0, 0.1) is 0 Å². The molecule has 4 aromatic rings. The predicted molar refractivity (Wildman–Crippen MR) is 170 cm³/mol. The summed E-state index contributed by atoms with van der Waals surface area (Å²) in [6.45, 7) is 0. The summed E-state index contributed by atoms with van der Waals surface area (Å²) in [6.07, 6.45) is 7.75. The van der Waals surface area contributed by atoms with Gasteiger partial charge < -0.3 is 20.4 Å². The average molecular weight is 620 g/mol. The minimum absolute atomic E-state index is 0.0293. The Morgan fingerprint density at radius 3 is 2.35 bits per heavy atom. The number of carboxylic acid groups (broad SMARTS) is 1. The van der Waals surface area contributed by atoms with Gasteiger partial charge in [-0.15, -0.1) is 0 Å². The average Bonchev–Trinajstić information content (AvgIpc) is 3.82. The van der Waals surface area contributed by atoms with Crippen LogP contribution in [-0.2, 0) is 17.4 Å². The van der Waals surface area contributed by atoms with Crippen molar-refractivity contribution in [3.05, 3.63) is 130 Å². The normalized spacial score (nSPS) is 19.0. The molecule has 0 unspecified atom stereocenters. The Labute approximate surface area is 259 Å². The van der Waals surface area contributed by atoms with Crippen LogP contribution in [0.25, 0.3) is 29.4 Å². The molecule has 46 heavy (non-hydrogen) atoms. The lowest BCUT2D eigenvalue weighted by Crippen LogP contribution is -2.36. The molecule has 0 spiro atoms. The zero-order valence-electron chi connectivity index (χ0n) is 23.9. The molecule has 1 atom stereocenters.